The number of nitrogens with zero attached hydrogens (tertiary/aromatic N) is 2. The standard InChI is InChI=1S/2C18H40O4P2.2C2H3N.2F6P.Fe/c2*1-19-9-5-13-23(14-6-10-20-2)17-18-24(15-7-11-21-3)16-8-12-22-4;2*1-2-3;2*1-7(2,3,4,5)6;/h2*5-18H2,1-4H3;2*1H3;;;/q;;;;2*-1;+2/p+4. The van der Waals surface area contributed by atoms with Gasteiger partial charge in [-0.05, 0) is 0 Å². The van der Waals surface area contributed by atoms with Crippen molar-refractivity contribution in [3.8, 4) is 12.1 Å². The summed E-state index contributed by atoms with van der Waals surface area (Å²) in [4.78, 5) is 0. The molecular weight excluding hydrogens is 1110 g/mol. The molecule has 0 aliphatic carbocycles. The average molecular weight is 1200 g/mol. The Labute approximate surface area is 422 Å². The topological polar surface area (TPSA) is 121 Å². The fourth-order valence-electron chi connectivity index (χ4n) is 5.94. The number of ether oxygens (including phenoxy) is 8. The van der Waals surface area contributed by atoms with E-state index in [9.17, 15) is 50.4 Å². The van der Waals surface area contributed by atoms with E-state index >= 15 is 0 Å². The molecule has 0 heterocycles. The molecule has 0 radical (unpaired) electrons. The second kappa shape index (κ2) is 48.6. The number of hydrogen-bond donors (Lipinski definition) is 0. The van der Waals surface area contributed by atoms with Crippen LogP contribution < -0.4 is 0 Å². The fraction of sp³-hybridized carbons (Fsp3) is 0.950. The Morgan fingerprint density at radius 1 is 0.290 bits per heavy atom. The van der Waals surface area contributed by atoms with Crippen molar-refractivity contribution >= 4 is 47.3 Å². The van der Waals surface area contributed by atoms with Gasteiger partial charge in [0.2, 0.25) is 0 Å². The van der Waals surface area contributed by atoms with Gasteiger partial charge in [-0.3, -0.25) is 0 Å². The Balaban J connectivity index is -0.000000158. The minimum Gasteiger partial charge on any atom is 2.00 e. The van der Waals surface area contributed by atoms with Gasteiger partial charge >= 0.3 is 83.0 Å². The van der Waals surface area contributed by atoms with E-state index in [-0.39, 0.29) is 48.8 Å². The molecule has 0 aromatic rings. The summed E-state index contributed by atoms with van der Waals surface area (Å²) in [5.41, 5.74) is 0. The third-order valence-corrected chi connectivity index (χ3v) is 22.0. The van der Waals surface area contributed by atoms with Crippen LogP contribution in [0.2, 0.25) is 0 Å². The maximum atomic E-state index is 9.87. The van der Waals surface area contributed by atoms with E-state index in [0.29, 0.717) is 0 Å². The van der Waals surface area contributed by atoms with E-state index in [2.05, 4.69) is 0 Å². The summed E-state index contributed by atoms with van der Waals surface area (Å²) < 4.78 is 160. The number of rotatable bonds is 38. The van der Waals surface area contributed by atoms with Crippen LogP contribution in [0.15, 0.2) is 0 Å². The zero-order chi connectivity index (χ0) is 54.0. The zero-order valence-corrected chi connectivity index (χ0v) is 49.6. The first kappa shape index (κ1) is 83.9. The third kappa shape index (κ3) is 119. The minimum atomic E-state index is -10.7. The predicted octanol–water partition coefficient (Wildman–Crippen LogP) is 14.9. The van der Waals surface area contributed by atoms with Crippen molar-refractivity contribution in [2.24, 2.45) is 0 Å². The van der Waals surface area contributed by atoms with Crippen LogP contribution in [0.3, 0.4) is 0 Å². The van der Waals surface area contributed by atoms with Crippen LogP contribution in [0.1, 0.15) is 65.2 Å². The van der Waals surface area contributed by atoms with Gasteiger partial charge < -0.3 is 37.9 Å². The van der Waals surface area contributed by atoms with Gasteiger partial charge in [0.15, 0.2) is 0 Å². The van der Waals surface area contributed by atoms with Crippen molar-refractivity contribution in [3.63, 3.8) is 0 Å². The van der Waals surface area contributed by atoms with Crippen molar-refractivity contribution in [3.05, 3.63) is 0 Å². The smallest absolute Gasteiger partial charge is 2.00 e. The number of nitriles is 2. The molecule has 0 saturated carbocycles. The molecule has 0 amide bonds. The molecule has 29 heteroatoms. The molecule has 426 valence electrons. The van der Waals surface area contributed by atoms with Crippen molar-refractivity contribution in [2.45, 2.75) is 65.2 Å². The van der Waals surface area contributed by atoms with Crippen LogP contribution in [-0.4, -0.2) is 184 Å². The Morgan fingerprint density at radius 2 is 0.377 bits per heavy atom. The summed E-state index contributed by atoms with van der Waals surface area (Å²) in [7, 11) is -7.80. The van der Waals surface area contributed by atoms with Gasteiger partial charge in [-0.15, -0.1) is 0 Å². The Bertz CT molecular complexity index is 978. The number of methoxy groups -OCH3 is 8. The minimum absolute atomic E-state index is 0. The molecule has 0 aliphatic heterocycles. The van der Waals surface area contributed by atoms with Gasteiger partial charge in [0.05, 0.1) is 86.1 Å². The molecule has 0 spiro atoms. The van der Waals surface area contributed by atoms with E-state index < -0.39 is 15.6 Å². The van der Waals surface area contributed by atoms with E-state index in [1.54, 1.807) is 12.1 Å². The van der Waals surface area contributed by atoms with Crippen LogP contribution in [0.25, 0.3) is 0 Å². The molecule has 0 atom stereocenters. The van der Waals surface area contributed by atoms with Crippen LogP contribution in [0.4, 0.5) is 50.4 Å². The first-order chi connectivity index (χ1) is 31.3. The van der Waals surface area contributed by atoms with Crippen molar-refractivity contribution in [1.82, 2.24) is 0 Å². The Hall–Kier alpha value is 0.919. The molecule has 0 aliphatic rings. The Morgan fingerprint density at radius 3 is 0.449 bits per heavy atom. The van der Waals surface area contributed by atoms with Crippen molar-refractivity contribution in [1.29, 1.82) is 10.5 Å². The fourth-order valence-corrected chi connectivity index (χ4v) is 19.8. The molecule has 0 saturated heterocycles. The quantitative estimate of drug-likeness (QED) is 0.0256. The first-order valence-corrected chi connectivity index (χ1v) is 34.8. The van der Waals surface area contributed by atoms with Crippen LogP contribution >= 0.6 is 47.3 Å². The van der Waals surface area contributed by atoms with E-state index in [1.165, 1.54) is 139 Å². The third-order valence-electron chi connectivity index (χ3n) is 8.69. The van der Waals surface area contributed by atoms with Gasteiger partial charge in [-0.25, -0.2) is 0 Å². The van der Waals surface area contributed by atoms with Gasteiger partial charge in [-0.1, -0.05) is 0 Å². The number of hydrogen-bond acceptors (Lipinski definition) is 10. The summed E-state index contributed by atoms with van der Waals surface area (Å²) in [6.07, 6.45) is 26.9. The second-order valence-corrected chi connectivity index (χ2v) is 31.0. The van der Waals surface area contributed by atoms with E-state index in [4.69, 9.17) is 48.4 Å². The van der Waals surface area contributed by atoms with E-state index in [1.807, 2.05) is 56.9 Å². The summed E-state index contributed by atoms with van der Waals surface area (Å²) in [6, 6.07) is 3.50. The van der Waals surface area contributed by atoms with Gasteiger partial charge in [0.25, 0.3) is 0 Å². The van der Waals surface area contributed by atoms with Gasteiger partial charge in [-0.2, -0.15) is 10.5 Å². The van der Waals surface area contributed by atoms with Gasteiger partial charge in [0, 0.05) is 207 Å². The van der Waals surface area contributed by atoms with Crippen LogP contribution in [0, 0.1) is 22.7 Å². The molecule has 0 fully saturated rings. The largest absolute Gasteiger partial charge is 2.00 e. The molecule has 0 N–H and O–H groups in total. The van der Waals surface area contributed by atoms with Crippen molar-refractivity contribution < 1.29 is 105 Å². The summed E-state index contributed by atoms with van der Waals surface area (Å²) in [6.45, 7) is 10.2. The van der Waals surface area contributed by atoms with Crippen LogP contribution in [0.5, 0.6) is 0 Å². The summed E-state index contributed by atoms with van der Waals surface area (Å²) in [5.74, 6) is 0. The van der Waals surface area contributed by atoms with Crippen LogP contribution in [-0.2, 0) is 55.0 Å². The molecule has 69 heavy (non-hydrogen) atoms. The molecule has 0 unspecified atom stereocenters. The predicted molar refractivity (Wildman–Crippen MR) is 273 cm³/mol. The Kier molecular flexibility index (Phi) is 59.0. The maximum absolute atomic E-state index is 10.7. The second-order valence-electron chi connectivity index (χ2n) is 15.1. The monoisotopic (exact) mass is 1200 g/mol. The summed E-state index contributed by atoms with van der Waals surface area (Å²) >= 11 is 0. The molecule has 0 rings (SSSR count). The molecule has 0 aromatic carbocycles. The zero-order valence-electron chi connectivity index (χ0n) is 42.7. The molecular formula is C40H90F12FeN2O8P6+4. The maximum Gasteiger partial charge on any atom is 2.00 e. The molecule has 0 bridgehead atoms. The number of halogens is 12. The normalized spacial score (nSPS) is 13.1. The molecule has 10 nitrogen and oxygen atoms in total. The van der Waals surface area contributed by atoms with Gasteiger partial charge in [0.1, 0.15) is 0 Å². The molecule has 0 aromatic heterocycles. The summed E-state index contributed by atoms with van der Waals surface area (Å²) in [5, 5.41) is 14.6. The van der Waals surface area contributed by atoms with Crippen molar-refractivity contribution in [2.75, 3.05) is 184 Å². The SMILES string of the molecule is CC#N.CC#N.COCCC[PH+](CCCOC)CC[PH+](CCCOC)CCCOC.COCCC[PH+](CCCOC)CC[PH+](CCCOC)CCCOC.F[P-](F)(F)(F)(F)F.F[P-](F)(F)(F)(F)F.[Fe+2]. The van der Waals surface area contributed by atoms with E-state index in [0.717, 1.165) is 52.9 Å². The first-order valence-electron chi connectivity index (χ1n) is 22.3. The average Bonchev–Trinajstić information content (AvgIpc) is 3.20.